The minimum Gasteiger partial charge on any atom is -0.417 e. The van der Waals surface area contributed by atoms with Crippen molar-refractivity contribution >= 4 is 5.91 Å². The topological polar surface area (TPSA) is 93.8 Å². The van der Waals surface area contributed by atoms with Crippen molar-refractivity contribution in [2.75, 3.05) is 0 Å². The molecule has 7 heteroatoms. The number of amides is 1. The monoisotopic (exact) mass is 301 g/mol. The molecule has 0 unspecified atom stereocenters. The molecule has 1 fully saturated rings. The van der Waals surface area contributed by atoms with E-state index in [1.807, 2.05) is 6.92 Å². The van der Waals surface area contributed by atoms with Crippen LogP contribution in [-0.2, 0) is 11.3 Å². The fraction of sp³-hybridized carbons (Fsp3) is 0.533. The maximum absolute atomic E-state index is 11.9. The molecular weight excluding hydrogens is 282 g/mol. The number of rotatable bonds is 5. The van der Waals surface area contributed by atoms with Crippen molar-refractivity contribution in [3.63, 3.8) is 0 Å². The second-order valence-electron chi connectivity index (χ2n) is 5.68. The third kappa shape index (κ3) is 3.66. The van der Waals surface area contributed by atoms with Gasteiger partial charge in [0.15, 0.2) is 0 Å². The molecule has 3 rings (SSSR count). The highest BCUT2D eigenvalue weighted by molar-refractivity contribution is 5.76. The Labute approximate surface area is 128 Å². The molecule has 1 aliphatic carbocycles. The molecule has 22 heavy (non-hydrogen) atoms. The normalized spacial score (nSPS) is 15.1. The van der Waals surface area contributed by atoms with Gasteiger partial charge in [0.05, 0.1) is 18.4 Å². The summed E-state index contributed by atoms with van der Waals surface area (Å²) in [5, 5.41) is 10.7. The van der Waals surface area contributed by atoms with Gasteiger partial charge >= 0.3 is 0 Å². The molecule has 0 radical (unpaired) electrons. The van der Waals surface area contributed by atoms with Gasteiger partial charge < -0.3 is 9.73 Å². The van der Waals surface area contributed by atoms with Gasteiger partial charge in [0.1, 0.15) is 5.69 Å². The zero-order valence-electron chi connectivity index (χ0n) is 12.6. The zero-order chi connectivity index (χ0) is 15.4. The minimum atomic E-state index is 0.0433. The summed E-state index contributed by atoms with van der Waals surface area (Å²) in [4.78, 5) is 20.2. The molecule has 0 saturated heterocycles. The Morgan fingerprint density at radius 2 is 2.09 bits per heavy atom. The van der Waals surface area contributed by atoms with Gasteiger partial charge in [-0.2, -0.15) is 0 Å². The van der Waals surface area contributed by atoms with E-state index in [4.69, 9.17) is 4.42 Å². The Balaban J connectivity index is 1.53. The van der Waals surface area contributed by atoms with Crippen molar-refractivity contribution < 1.29 is 9.21 Å². The number of hydrogen-bond donors (Lipinski definition) is 1. The lowest BCUT2D eigenvalue weighted by Gasteiger charge is -2.07. The van der Waals surface area contributed by atoms with E-state index in [-0.39, 0.29) is 12.5 Å². The Bertz CT molecular complexity index is 632. The second-order valence-corrected chi connectivity index (χ2v) is 5.68. The van der Waals surface area contributed by atoms with Crippen molar-refractivity contribution in [3.8, 4) is 11.6 Å². The quantitative estimate of drug-likeness (QED) is 0.908. The van der Waals surface area contributed by atoms with Crippen LogP contribution < -0.4 is 5.32 Å². The number of nitrogens with one attached hydrogen (secondary N) is 1. The van der Waals surface area contributed by atoms with E-state index in [0.717, 1.165) is 18.5 Å². The second kappa shape index (κ2) is 6.64. The third-order valence-electron chi connectivity index (χ3n) is 3.85. The number of aryl methyl sites for hydroxylation is 1. The summed E-state index contributed by atoms with van der Waals surface area (Å²) < 4.78 is 5.49. The van der Waals surface area contributed by atoms with Crippen molar-refractivity contribution in [3.05, 3.63) is 24.0 Å². The van der Waals surface area contributed by atoms with E-state index in [1.165, 1.54) is 12.8 Å². The zero-order valence-corrected chi connectivity index (χ0v) is 12.6. The van der Waals surface area contributed by atoms with Crippen LogP contribution in [0.5, 0.6) is 0 Å². The minimum absolute atomic E-state index is 0.0433. The van der Waals surface area contributed by atoms with Crippen LogP contribution in [-0.4, -0.2) is 26.1 Å². The van der Waals surface area contributed by atoms with E-state index in [9.17, 15) is 4.79 Å². The van der Waals surface area contributed by atoms with Crippen LogP contribution in [0.2, 0.25) is 0 Å². The van der Waals surface area contributed by atoms with Gasteiger partial charge in [-0.15, -0.1) is 10.2 Å². The molecule has 0 atom stereocenters. The van der Waals surface area contributed by atoms with Crippen molar-refractivity contribution in [2.45, 2.75) is 45.6 Å². The maximum atomic E-state index is 11.9. The maximum Gasteiger partial charge on any atom is 0.267 e. The fourth-order valence-electron chi connectivity index (χ4n) is 2.65. The van der Waals surface area contributed by atoms with E-state index < -0.39 is 0 Å². The smallest absolute Gasteiger partial charge is 0.267 e. The molecule has 1 amide bonds. The van der Waals surface area contributed by atoms with Crippen LogP contribution >= 0.6 is 0 Å². The van der Waals surface area contributed by atoms with Gasteiger partial charge in [0.2, 0.25) is 11.8 Å². The first-order valence-electron chi connectivity index (χ1n) is 7.59. The molecule has 7 nitrogen and oxygen atoms in total. The summed E-state index contributed by atoms with van der Waals surface area (Å²) in [6, 6.07) is 0. The molecular formula is C15H19N5O2. The SMILES string of the molecule is Cc1cnc(-c2nnc(CNC(=O)CC3CCCC3)o2)cn1. The van der Waals surface area contributed by atoms with Crippen LogP contribution in [0.4, 0.5) is 0 Å². The molecule has 2 heterocycles. The first kappa shape index (κ1) is 14.6. The number of carbonyl (C=O) groups is 1. The molecule has 0 bridgehead atoms. The average molecular weight is 301 g/mol. The third-order valence-corrected chi connectivity index (χ3v) is 3.85. The van der Waals surface area contributed by atoms with Gasteiger partial charge in [-0.25, -0.2) is 4.98 Å². The Kier molecular flexibility index (Phi) is 4.41. The number of carbonyl (C=O) groups excluding carboxylic acids is 1. The molecule has 2 aromatic heterocycles. The molecule has 0 spiro atoms. The summed E-state index contributed by atoms with van der Waals surface area (Å²) in [5.41, 5.74) is 1.35. The number of nitrogens with zero attached hydrogens (tertiary/aromatic N) is 4. The highest BCUT2D eigenvalue weighted by Gasteiger charge is 2.18. The number of hydrogen-bond acceptors (Lipinski definition) is 6. The van der Waals surface area contributed by atoms with Gasteiger partial charge in [0.25, 0.3) is 5.89 Å². The summed E-state index contributed by atoms with van der Waals surface area (Å²) in [7, 11) is 0. The standard InChI is InChI=1S/C15H19N5O2/c1-10-7-17-12(8-16-10)15-20-19-14(22-15)9-18-13(21)6-11-4-2-3-5-11/h7-8,11H,2-6,9H2,1H3,(H,18,21). The number of aromatic nitrogens is 4. The summed E-state index contributed by atoms with van der Waals surface area (Å²) >= 11 is 0. The predicted molar refractivity (Wildman–Crippen MR) is 78.5 cm³/mol. The Morgan fingerprint density at radius 3 is 2.82 bits per heavy atom. The lowest BCUT2D eigenvalue weighted by Crippen LogP contribution is -2.24. The summed E-state index contributed by atoms with van der Waals surface area (Å²) in [6.07, 6.45) is 8.61. The molecule has 1 N–H and O–H groups in total. The molecule has 0 aliphatic heterocycles. The van der Waals surface area contributed by atoms with E-state index in [0.29, 0.717) is 29.8 Å². The molecule has 1 aliphatic rings. The van der Waals surface area contributed by atoms with Crippen LogP contribution in [0.3, 0.4) is 0 Å². The molecule has 116 valence electrons. The lowest BCUT2D eigenvalue weighted by molar-refractivity contribution is -0.122. The first-order chi connectivity index (χ1) is 10.7. The molecule has 2 aromatic rings. The van der Waals surface area contributed by atoms with Crippen molar-refractivity contribution in [1.29, 1.82) is 0 Å². The van der Waals surface area contributed by atoms with Crippen LogP contribution in [0.1, 0.15) is 43.7 Å². The van der Waals surface area contributed by atoms with Gasteiger partial charge in [-0.3, -0.25) is 9.78 Å². The van der Waals surface area contributed by atoms with E-state index in [2.05, 4.69) is 25.5 Å². The molecule has 0 aromatic carbocycles. The fourth-order valence-corrected chi connectivity index (χ4v) is 2.65. The summed E-state index contributed by atoms with van der Waals surface area (Å²) in [6.45, 7) is 2.10. The van der Waals surface area contributed by atoms with Crippen LogP contribution in [0, 0.1) is 12.8 Å². The van der Waals surface area contributed by atoms with E-state index in [1.54, 1.807) is 12.4 Å². The lowest BCUT2D eigenvalue weighted by atomic mass is 10.0. The highest BCUT2D eigenvalue weighted by atomic mass is 16.4. The molecule has 1 saturated carbocycles. The first-order valence-corrected chi connectivity index (χ1v) is 7.59. The van der Waals surface area contributed by atoms with Crippen molar-refractivity contribution in [1.82, 2.24) is 25.5 Å². The Morgan fingerprint density at radius 1 is 1.27 bits per heavy atom. The van der Waals surface area contributed by atoms with E-state index >= 15 is 0 Å². The highest BCUT2D eigenvalue weighted by Crippen LogP contribution is 2.27. The summed E-state index contributed by atoms with van der Waals surface area (Å²) in [5.74, 6) is 1.26. The Hall–Kier alpha value is -2.31. The van der Waals surface area contributed by atoms with Crippen LogP contribution in [0.25, 0.3) is 11.6 Å². The largest absolute Gasteiger partial charge is 0.417 e. The average Bonchev–Trinajstić information content (AvgIpc) is 3.17. The van der Waals surface area contributed by atoms with Crippen LogP contribution in [0.15, 0.2) is 16.8 Å². The van der Waals surface area contributed by atoms with Crippen molar-refractivity contribution in [2.24, 2.45) is 5.92 Å². The van der Waals surface area contributed by atoms with Gasteiger partial charge in [-0.1, -0.05) is 12.8 Å². The predicted octanol–water partition coefficient (Wildman–Crippen LogP) is 2.03. The van der Waals surface area contributed by atoms with Gasteiger partial charge in [-0.05, 0) is 25.7 Å². The van der Waals surface area contributed by atoms with Gasteiger partial charge in [0, 0.05) is 12.6 Å².